The van der Waals surface area contributed by atoms with Gasteiger partial charge in [0.25, 0.3) is 0 Å². The number of fused-ring (bicyclic) bond motifs is 1. The fraction of sp³-hybridized carbons (Fsp3) is 0.143. The molecule has 0 spiro atoms. The quantitative estimate of drug-likeness (QED) is 0.571. The first-order chi connectivity index (χ1) is 4.77. The van der Waals surface area contributed by atoms with Crippen molar-refractivity contribution in [2.75, 3.05) is 0 Å². The molecule has 0 bridgehead atoms. The van der Waals surface area contributed by atoms with Gasteiger partial charge in [-0.25, -0.2) is 4.39 Å². The smallest absolute Gasteiger partial charge is 0.125 e. The molecule has 1 aromatic carbocycles. The van der Waals surface area contributed by atoms with Gasteiger partial charge in [-0.2, -0.15) is 0 Å². The number of aromatic amines is 1. The van der Waals surface area contributed by atoms with Gasteiger partial charge < -0.3 is 0 Å². The van der Waals surface area contributed by atoms with Crippen LogP contribution < -0.4 is 0 Å². The number of H-pyrrole nitrogens is 1. The van der Waals surface area contributed by atoms with Crippen molar-refractivity contribution in [2.24, 2.45) is 7.05 Å². The predicted molar refractivity (Wildman–Crippen MR) is 37.2 cm³/mol. The van der Waals surface area contributed by atoms with Gasteiger partial charge in [0.05, 0.1) is 11.0 Å². The summed E-state index contributed by atoms with van der Waals surface area (Å²) in [5.74, 6) is -0.188. The fourth-order valence-electron chi connectivity index (χ4n) is 1.06. The zero-order valence-corrected chi connectivity index (χ0v) is 5.56. The summed E-state index contributed by atoms with van der Waals surface area (Å²) in [7, 11) is 1.85. The summed E-state index contributed by atoms with van der Waals surface area (Å²) in [5.41, 5.74) is 1.91. The van der Waals surface area contributed by atoms with Crippen molar-refractivity contribution in [3.05, 3.63) is 24.0 Å². The zero-order valence-electron chi connectivity index (χ0n) is 5.56. The number of hydrogen-bond acceptors (Lipinski definition) is 0. The third kappa shape index (κ3) is 0.572. The number of benzene rings is 1. The van der Waals surface area contributed by atoms with Gasteiger partial charge in [-0.3, -0.25) is 9.78 Å². The van der Waals surface area contributed by atoms with E-state index in [1.165, 1.54) is 12.1 Å². The molecule has 0 fully saturated rings. The molecule has 0 saturated carbocycles. The predicted octanol–water partition coefficient (Wildman–Crippen LogP) is 1.65. The standard InChI is InChI=1S/C7H7FN2/c1-10-7-4-5(8)2-3-6(7)9-10/h2-4,9H,1H3. The molecule has 1 N–H and O–H groups in total. The minimum atomic E-state index is -0.188. The maximum absolute atomic E-state index is 12.5. The van der Waals surface area contributed by atoms with Crippen molar-refractivity contribution in [1.29, 1.82) is 0 Å². The Bertz CT molecular complexity index is 355. The van der Waals surface area contributed by atoms with Crippen LogP contribution in [0, 0.1) is 5.82 Å². The molecule has 1 aromatic heterocycles. The lowest BCUT2D eigenvalue weighted by atomic mass is 10.3. The first-order valence-electron chi connectivity index (χ1n) is 3.07. The van der Waals surface area contributed by atoms with Crippen molar-refractivity contribution in [3.8, 4) is 0 Å². The molecule has 0 atom stereocenters. The van der Waals surface area contributed by atoms with Gasteiger partial charge in [-0.1, -0.05) is 0 Å². The Hall–Kier alpha value is -1.25. The monoisotopic (exact) mass is 138 g/mol. The Morgan fingerprint density at radius 3 is 2.90 bits per heavy atom. The van der Waals surface area contributed by atoms with Crippen LogP contribution in [0.1, 0.15) is 0 Å². The first kappa shape index (κ1) is 5.53. The van der Waals surface area contributed by atoms with Crippen molar-refractivity contribution in [3.63, 3.8) is 0 Å². The number of aryl methyl sites for hydroxylation is 1. The maximum Gasteiger partial charge on any atom is 0.125 e. The SMILES string of the molecule is Cn1[nH]c2ccc(F)cc21. The molecule has 0 aliphatic heterocycles. The Balaban J connectivity index is 2.75. The van der Waals surface area contributed by atoms with Crippen LogP contribution in [-0.4, -0.2) is 9.78 Å². The summed E-state index contributed by atoms with van der Waals surface area (Å²) in [6.45, 7) is 0. The Morgan fingerprint density at radius 1 is 1.50 bits per heavy atom. The third-order valence-corrected chi connectivity index (χ3v) is 1.61. The number of nitrogens with one attached hydrogen (secondary N) is 1. The normalized spacial score (nSPS) is 11.0. The van der Waals surface area contributed by atoms with Gasteiger partial charge in [-0.15, -0.1) is 0 Å². The van der Waals surface area contributed by atoms with E-state index in [1.807, 2.05) is 7.05 Å². The lowest BCUT2D eigenvalue weighted by Gasteiger charge is -2.10. The van der Waals surface area contributed by atoms with Crippen molar-refractivity contribution < 1.29 is 4.39 Å². The van der Waals surface area contributed by atoms with Crippen LogP contribution in [0.25, 0.3) is 11.0 Å². The lowest BCUT2D eigenvalue weighted by molar-refractivity contribution is 0.625. The third-order valence-electron chi connectivity index (χ3n) is 1.61. The average molecular weight is 138 g/mol. The molecular formula is C7H7FN2. The summed E-state index contributed by atoms with van der Waals surface area (Å²) >= 11 is 0. The molecule has 0 radical (unpaired) electrons. The van der Waals surface area contributed by atoms with Crippen LogP contribution in [0.5, 0.6) is 0 Å². The van der Waals surface area contributed by atoms with E-state index in [0.29, 0.717) is 0 Å². The average Bonchev–Trinajstić information content (AvgIpc) is 1.92. The maximum atomic E-state index is 12.5. The summed E-state index contributed by atoms with van der Waals surface area (Å²) in [6.07, 6.45) is 0. The van der Waals surface area contributed by atoms with E-state index in [9.17, 15) is 4.39 Å². The van der Waals surface area contributed by atoms with E-state index in [0.717, 1.165) is 11.0 Å². The molecule has 2 rings (SSSR count). The van der Waals surface area contributed by atoms with Crippen LogP contribution >= 0.6 is 0 Å². The molecule has 0 unspecified atom stereocenters. The molecule has 1 heterocycles. The first-order valence-corrected chi connectivity index (χ1v) is 3.07. The van der Waals surface area contributed by atoms with E-state index in [-0.39, 0.29) is 5.82 Å². The highest BCUT2D eigenvalue weighted by molar-refractivity contribution is 5.76. The Morgan fingerprint density at radius 2 is 2.30 bits per heavy atom. The van der Waals surface area contributed by atoms with Crippen molar-refractivity contribution in [2.45, 2.75) is 0 Å². The zero-order chi connectivity index (χ0) is 7.14. The molecule has 10 heavy (non-hydrogen) atoms. The van der Waals surface area contributed by atoms with E-state index in [2.05, 4.69) is 5.10 Å². The molecular weight excluding hydrogens is 131 g/mol. The molecule has 2 nitrogen and oxygen atoms in total. The highest BCUT2D eigenvalue weighted by Crippen LogP contribution is 2.13. The van der Waals surface area contributed by atoms with Crippen LogP contribution in [0.15, 0.2) is 18.2 Å². The number of rotatable bonds is 0. The van der Waals surface area contributed by atoms with Gasteiger partial charge in [0.15, 0.2) is 0 Å². The molecule has 2 aromatic rings. The number of nitrogens with zero attached hydrogens (tertiary/aromatic N) is 1. The second-order valence-corrected chi connectivity index (χ2v) is 2.33. The van der Waals surface area contributed by atoms with Gasteiger partial charge in [0.1, 0.15) is 5.82 Å². The van der Waals surface area contributed by atoms with E-state index >= 15 is 0 Å². The molecule has 0 amide bonds. The molecule has 0 saturated heterocycles. The van der Waals surface area contributed by atoms with Crippen molar-refractivity contribution in [1.82, 2.24) is 9.78 Å². The lowest BCUT2D eigenvalue weighted by Crippen LogP contribution is -2.04. The second kappa shape index (κ2) is 1.62. The van der Waals surface area contributed by atoms with Crippen LogP contribution in [-0.2, 0) is 7.05 Å². The minimum Gasteiger partial charge on any atom is -0.296 e. The van der Waals surface area contributed by atoms with Gasteiger partial charge in [0.2, 0.25) is 0 Å². The van der Waals surface area contributed by atoms with Crippen molar-refractivity contribution >= 4 is 11.0 Å². The molecule has 52 valence electrons. The van der Waals surface area contributed by atoms with Gasteiger partial charge in [-0.05, 0) is 12.1 Å². The number of aromatic nitrogens is 2. The Kier molecular flexibility index (Phi) is 0.897. The molecule has 0 aliphatic carbocycles. The largest absolute Gasteiger partial charge is 0.296 e. The highest BCUT2D eigenvalue weighted by Gasteiger charge is 2.00. The van der Waals surface area contributed by atoms with Gasteiger partial charge >= 0.3 is 0 Å². The summed E-state index contributed by atoms with van der Waals surface area (Å²) in [4.78, 5) is 0. The van der Waals surface area contributed by atoms with Crippen LogP contribution in [0.3, 0.4) is 0 Å². The summed E-state index contributed by atoms with van der Waals surface area (Å²) < 4.78 is 14.3. The number of halogens is 1. The highest BCUT2D eigenvalue weighted by atomic mass is 19.1. The number of hydrogen-bond donors (Lipinski definition) is 1. The van der Waals surface area contributed by atoms with E-state index < -0.39 is 0 Å². The van der Waals surface area contributed by atoms with E-state index in [4.69, 9.17) is 0 Å². The van der Waals surface area contributed by atoms with Crippen LogP contribution in [0.4, 0.5) is 4.39 Å². The topological polar surface area (TPSA) is 20.7 Å². The molecule has 3 heteroatoms. The minimum absolute atomic E-state index is 0.188. The van der Waals surface area contributed by atoms with E-state index in [1.54, 1.807) is 10.7 Å². The summed E-state index contributed by atoms with van der Waals surface area (Å²) in [5, 5.41) is 2.98. The van der Waals surface area contributed by atoms with Gasteiger partial charge in [0, 0.05) is 13.1 Å². The Labute approximate surface area is 57.2 Å². The summed E-state index contributed by atoms with van der Waals surface area (Å²) in [6, 6.07) is 4.68. The molecule has 0 aliphatic rings. The van der Waals surface area contributed by atoms with Crippen LogP contribution in [0.2, 0.25) is 0 Å². The fourth-order valence-corrected chi connectivity index (χ4v) is 1.06. The second-order valence-electron chi connectivity index (χ2n) is 2.33.